The lowest BCUT2D eigenvalue weighted by molar-refractivity contribution is 0.0924. The van der Waals surface area contributed by atoms with Crippen LogP contribution < -0.4 is 10.6 Å². The van der Waals surface area contributed by atoms with Gasteiger partial charge >= 0.3 is 0 Å². The van der Waals surface area contributed by atoms with Gasteiger partial charge in [-0.05, 0) is 59.9 Å². The van der Waals surface area contributed by atoms with E-state index in [0.717, 1.165) is 18.4 Å². The second-order valence-electron chi connectivity index (χ2n) is 8.54. The molecule has 0 saturated heterocycles. The predicted molar refractivity (Wildman–Crippen MR) is 141 cm³/mol. The maximum absolute atomic E-state index is 13.3. The molecule has 4 aromatic rings. The molecule has 2 aromatic heterocycles. The average Bonchev–Trinajstić information content (AvgIpc) is 2.91. The van der Waals surface area contributed by atoms with Gasteiger partial charge in [-0.3, -0.25) is 14.6 Å². The lowest BCUT2D eigenvalue weighted by Gasteiger charge is -2.34. The number of amides is 2. The lowest BCUT2D eigenvalue weighted by atomic mass is 9.76. The van der Waals surface area contributed by atoms with Crippen LogP contribution in [0.4, 0.5) is 5.69 Å². The molecule has 0 aliphatic heterocycles. The molecule has 0 bridgehead atoms. The number of carbonyl (C=O) groups excluding carboxylic acids is 2. The van der Waals surface area contributed by atoms with Gasteiger partial charge in [-0.2, -0.15) is 0 Å². The third-order valence-corrected chi connectivity index (χ3v) is 6.92. The molecule has 2 heterocycles. The predicted octanol–water partition coefficient (Wildman–Crippen LogP) is 5.91. The van der Waals surface area contributed by atoms with Crippen molar-refractivity contribution in [3.8, 4) is 0 Å². The van der Waals surface area contributed by atoms with E-state index in [0.29, 0.717) is 15.7 Å². The number of para-hydroxylation sites is 1. The summed E-state index contributed by atoms with van der Waals surface area (Å²) in [5.74, 6) is -0.903. The van der Waals surface area contributed by atoms with Crippen molar-refractivity contribution in [3.05, 3.63) is 123 Å². The Morgan fingerprint density at radius 3 is 2.31 bits per heavy atom. The first-order valence-electron chi connectivity index (χ1n) is 11.5. The number of aryl methyl sites for hydroxylation is 1. The molecule has 2 aromatic carbocycles. The van der Waals surface area contributed by atoms with Gasteiger partial charge in [0.15, 0.2) is 0 Å². The van der Waals surface area contributed by atoms with Crippen molar-refractivity contribution in [3.63, 3.8) is 0 Å². The molecule has 0 saturated carbocycles. The summed E-state index contributed by atoms with van der Waals surface area (Å²) in [4.78, 5) is 34.7. The zero-order valence-electron chi connectivity index (χ0n) is 19.1. The van der Waals surface area contributed by atoms with E-state index in [2.05, 4.69) is 32.7 Å². The highest BCUT2D eigenvalue weighted by Crippen LogP contribution is 2.36. The van der Waals surface area contributed by atoms with Crippen LogP contribution in [0.5, 0.6) is 0 Å². The van der Waals surface area contributed by atoms with Gasteiger partial charge in [-0.1, -0.05) is 65.7 Å². The van der Waals surface area contributed by atoms with Gasteiger partial charge in [0.25, 0.3) is 11.8 Å². The summed E-state index contributed by atoms with van der Waals surface area (Å²) < 4.78 is 0. The standard InChI is InChI=1S/C28H22Cl2N4O2/c29-20-9-3-10-21(30)26(20)34-28(36)24-12-4-11-23(32-24)27(35)33-22-14-13-17-6-1-2-8-19(17)25(22)18-7-5-15-31-16-18/h1-12,15-16,22,25H,13-14H2,(H,33,35)(H,34,36). The number of fused-ring (bicyclic) bond motifs is 1. The summed E-state index contributed by atoms with van der Waals surface area (Å²) in [6, 6.07) is 21.8. The van der Waals surface area contributed by atoms with Gasteiger partial charge < -0.3 is 10.6 Å². The molecular weight excluding hydrogens is 495 g/mol. The van der Waals surface area contributed by atoms with Crippen LogP contribution in [-0.2, 0) is 6.42 Å². The fraction of sp³-hybridized carbons (Fsp3) is 0.143. The van der Waals surface area contributed by atoms with E-state index in [1.807, 2.05) is 30.5 Å². The van der Waals surface area contributed by atoms with Crippen LogP contribution in [0, 0.1) is 0 Å². The van der Waals surface area contributed by atoms with E-state index >= 15 is 0 Å². The Labute approximate surface area is 218 Å². The zero-order valence-corrected chi connectivity index (χ0v) is 20.6. The van der Waals surface area contributed by atoms with E-state index in [1.165, 1.54) is 17.2 Å². The van der Waals surface area contributed by atoms with Crippen LogP contribution in [0.15, 0.2) is 85.2 Å². The number of nitrogens with zero attached hydrogens (tertiary/aromatic N) is 2. The number of pyridine rings is 2. The molecule has 8 heteroatoms. The fourth-order valence-electron chi connectivity index (χ4n) is 4.61. The molecular formula is C28H22Cl2N4O2. The van der Waals surface area contributed by atoms with Crippen LogP contribution in [-0.4, -0.2) is 27.8 Å². The molecule has 1 aliphatic carbocycles. The van der Waals surface area contributed by atoms with E-state index in [-0.39, 0.29) is 29.3 Å². The zero-order chi connectivity index (χ0) is 25.1. The minimum atomic E-state index is -0.514. The van der Waals surface area contributed by atoms with Crippen molar-refractivity contribution in [2.75, 3.05) is 5.32 Å². The average molecular weight is 517 g/mol. The number of nitrogens with one attached hydrogen (secondary N) is 2. The number of carbonyl (C=O) groups is 2. The largest absolute Gasteiger partial charge is 0.347 e. The minimum absolute atomic E-state index is 0.0403. The summed E-state index contributed by atoms with van der Waals surface area (Å²) in [5.41, 5.74) is 4.01. The summed E-state index contributed by atoms with van der Waals surface area (Å²) in [7, 11) is 0. The molecule has 0 fully saturated rings. The maximum Gasteiger partial charge on any atom is 0.274 e. The number of benzene rings is 2. The number of halogens is 2. The van der Waals surface area contributed by atoms with Crippen molar-refractivity contribution >= 4 is 40.7 Å². The summed E-state index contributed by atoms with van der Waals surface area (Å²) >= 11 is 12.3. The van der Waals surface area contributed by atoms with E-state index in [1.54, 1.807) is 36.5 Å². The number of hydrogen-bond acceptors (Lipinski definition) is 4. The minimum Gasteiger partial charge on any atom is -0.347 e. The van der Waals surface area contributed by atoms with Gasteiger partial charge in [0.2, 0.25) is 0 Å². The van der Waals surface area contributed by atoms with Crippen LogP contribution in [0.1, 0.15) is 50.0 Å². The number of aromatic nitrogens is 2. The monoisotopic (exact) mass is 516 g/mol. The highest BCUT2D eigenvalue weighted by molar-refractivity contribution is 6.40. The Morgan fingerprint density at radius 2 is 1.56 bits per heavy atom. The van der Waals surface area contributed by atoms with Crippen LogP contribution in [0.25, 0.3) is 0 Å². The Kier molecular flexibility index (Phi) is 6.98. The van der Waals surface area contributed by atoms with Crippen molar-refractivity contribution in [2.45, 2.75) is 24.8 Å². The highest BCUT2D eigenvalue weighted by atomic mass is 35.5. The van der Waals surface area contributed by atoms with Crippen LogP contribution in [0.3, 0.4) is 0 Å². The Bertz CT molecular complexity index is 1410. The van der Waals surface area contributed by atoms with Crippen molar-refractivity contribution in [2.24, 2.45) is 0 Å². The third kappa shape index (κ3) is 4.96. The van der Waals surface area contributed by atoms with Crippen molar-refractivity contribution in [1.82, 2.24) is 15.3 Å². The SMILES string of the molecule is O=C(Nc1c(Cl)cccc1Cl)c1cccc(C(=O)NC2CCc3ccccc3C2c2cccnc2)n1. The molecule has 180 valence electrons. The summed E-state index contributed by atoms with van der Waals surface area (Å²) in [5, 5.41) is 6.45. The van der Waals surface area contributed by atoms with Gasteiger partial charge in [-0.15, -0.1) is 0 Å². The Hall–Kier alpha value is -3.74. The first-order chi connectivity index (χ1) is 17.5. The smallest absolute Gasteiger partial charge is 0.274 e. The van der Waals surface area contributed by atoms with Gasteiger partial charge in [-0.25, -0.2) is 4.98 Å². The summed E-state index contributed by atoms with van der Waals surface area (Å²) in [6.45, 7) is 0. The lowest BCUT2D eigenvalue weighted by Crippen LogP contribution is -2.42. The quantitative estimate of drug-likeness (QED) is 0.345. The second kappa shape index (κ2) is 10.5. The normalized spacial score (nSPS) is 16.6. The molecule has 2 amide bonds. The highest BCUT2D eigenvalue weighted by Gasteiger charge is 2.32. The molecule has 5 rings (SSSR count). The topological polar surface area (TPSA) is 84.0 Å². The first kappa shape index (κ1) is 24.0. The molecule has 2 atom stereocenters. The third-order valence-electron chi connectivity index (χ3n) is 6.29. The van der Waals surface area contributed by atoms with Crippen LogP contribution in [0.2, 0.25) is 10.0 Å². The molecule has 0 radical (unpaired) electrons. The summed E-state index contributed by atoms with van der Waals surface area (Å²) in [6.07, 6.45) is 5.21. The van der Waals surface area contributed by atoms with E-state index < -0.39 is 5.91 Å². The molecule has 2 N–H and O–H groups in total. The van der Waals surface area contributed by atoms with Crippen molar-refractivity contribution in [1.29, 1.82) is 0 Å². The van der Waals surface area contributed by atoms with Crippen molar-refractivity contribution < 1.29 is 9.59 Å². The molecule has 2 unspecified atom stereocenters. The number of rotatable bonds is 5. The van der Waals surface area contributed by atoms with Gasteiger partial charge in [0.05, 0.1) is 15.7 Å². The van der Waals surface area contributed by atoms with E-state index in [9.17, 15) is 9.59 Å². The number of hydrogen-bond donors (Lipinski definition) is 2. The van der Waals surface area contributed by atoms with Gasteiger partial charge in [0, 0.05) is 24.4 Å². The number of anilines is 1. The Balaban J connectivity index is 1.38. The van der Waals surface area contributed by atoms with Crippen LogP contribution >= 0.6 is 23.2 Å². The fourth-order valence-corrected chi connectivity index (χ4v) is 5.10. The molecule has 1 aliphatic rings. The van der Waals surface area contributed by atoms with E-state index in [4.69, 9.17) is 23.2 Å². The maximum atomic E-state index is 13.3. The first-order valence-corrected chi connectivity index (χ1v) is 12.3. The second-order valence-corrected chi connectivity index (χ2v) is 9.35. The molecule has 36 heavy (non-hydrogen) atoms. The van der Waals surface area contributed by atoms with Gasteiger partial charge in [0.1, 0.15) is 11.4 Å². The Morgan fingerprint density at radius 1 is 0.833 bits per heavy atom. The molecule has 6 nitrogen and oxygen atoms in total. The molecule has 0 spiro atoms.